The van der Waals surface area contributed by atoms with E-state index in [9.17, 15) is 4.79 Å². The Morgan fingerprint density at radius 2 is 2.17 bits per heavy atom. The molecule has 0 aromatic carbocycles. The van der Waals surface area contributed by atoms with Gasteiger partial charge >= 0.3 is 0 Å². The highest BCUT2D eigenvalue weighted by molar-refractivity contribution is 5.95. The molecule has 0 N–H and O–H groups in total. The lowest BCUT2D eigenvalue weighted by Gasteiger charge is -2.33. The number of ether oxygens (including phenoxy) is 1. The van der Waals surface area contributed by atoms with E-state index in [1.807, 2.05) is 36.2 Å². The summed E-state index contributed by atoms with van der Waals surface area (Å²) < 4.78 is 5.97. The van der Waals surface area contributed by atoms with Gasteiger partial charge in [0, 0.05) is 37.9 Å². The van der Waals surface area contributed by atoms with E-state index in [-0.39, 0.29) is 12.0 Å². The van der Waals surface area contributed by atoms with Crippen LogP contribution in [0.1, 0.15) is 34.3 Å². The van der Waals surface area contributed by atoms with Gasteiger partial charge in [0.25, 0.3) is 5.91 Å². The van der Waals surface area contributed by atoms with E-state index < -0.39 is 0 Å². The van der Waals surface area contributed by atoms with Crippen LogP contribution in [0.3, 0.4) is 0 Å². The van der Waals surface area contributed by atoms with Gasteiger partial charge in [-0.15, -0.1) is 0 Å². The third-order valence-electron chi connectivity index (χ3n) is 4.14. The molecule has 0 bridgehead atoms. The number of nitrogens with zero attached hydrogens (tertiary/aromatic N) is 3. The Morgan fingerprint density at radius 3 is 2.96 bits per heavy atom. The standard InChI is InChI=1S/C18H21N3O2/c1-14-6-8-20-11-17(14)18(22)21-9-3-5-16(12-21)23-13-15-4-2-7-19-10-15/h2,4,6-8,10-11,16H,3,5,9,12-13H2,1H3/t16-/m0/s1. The number of aromatic nitrogens is 2. The first-order valence-corrected chi connectivity index (χ1v) is 7.94. The molecule has 23 heavy (non-hydrogen) atoms. The lowest BCUT2D eigenvalue weighted by Crippen LogP contribution is -2.43. The summed E-state index contributed by atoms with van der Waals surface area (Å²) in [5.41, 5.74) is 2.70. The van der Waals surface area contributed by atoms with Crippen molar-refractivity contribution >= 4 is 5.91 Å². The van der Waals surface area contributed by atoms with Crippen molar-refractivity contribution < 1.29 is 9.53 Å². The normalized spacial score (nSPS) is 18.0. The highest BCUT2D eigenvalue weighted by atomic mass is 16.5. The smallest absolute Gasteiger partial charge is 0.255 e. The maximum absolute atomic E-state index is 12.7. The molecule has 2 aromatic heterocycles. The van der Waals surface area contributed by atoms with E-state index in [0.717, 1.165) is 30.5 Å². The molecule has 0 spiro atoms. The van der Waals surface area contributed by atoms with Crippen LogP contribution in [-0.2, 0) is 11.3 Å². The molecule has 1 amide bonds. The molecule has 3 rings (SSSR count). The van der Waals surface area contributed by atoms with Gasteiger partial charge in [0.05, 0.1) is 18.3 Å². The number of pyridine rings is 2. The summed E-state index contributed by atoms with van der Waals surface area (Å²) in [6.07, 6.45) is 8.94. The van der Waals surface area contributed by atoms with E-state index in [0.29, 0.717) is 18.7 Å². The molecule has 0 unspecified atom stereocenters. The van der Waals surface area contributed by atoms with E-state index in [2.05, 4.69) is 9.97 Å². The summed E-state index contributed by atoms with van der Waals surface area (Å²) in [5.74, 6) is 0.0466. The first kappa shape index (κ1) is 15.6. The van der Waals surface area contributed by atoms with Gasteiger partial charge in [0.2, 0.25) is 0 Å². The maximum atomic E-state index is 12.7. The molecule has 0 radical (unpaired) electrons. The third-order valence-corrected chi connectivity index (χ3v) is 4.14. The molecule has 1 aliphatic rings. The van der Waals surface area contributed by atoms with Crippen molar-refractivity contribution in [2.24, 2.45) is 0 Å². The van der Waals surface area contributed by atoms with E-state index in [4.69, 9.17) is 4.74 Å². The zero-order chi connectivity index (χ0) is 16.1. The van der Waals surface area contributed by atoms with Gasteiger partial charge in [-0.1, -0.05) is 6.07 Å². The maximum Gasteiger partial charge on any atom is 0.255 e. The van der Waals surface area contributed by atoms with Crippen molar-refractivity contribution in [2.45, 2.75) is 32.5 Å². The topological polar surface area (TPSA) is 55.3 Å². The van der Waals surface area contributed by atoms with Crippen LogP contribution in [0.4, 0.5) is 0 Å². The van der Waals surface area contributed by atoms with Gasteiger partial charge in [-0.2, -0.15) is 0 Å². The van der Waals surface area contributed by atoms with Crippen LogP contribution >= 0.6 is 0 Å². The molecule has 3 heterocycles. The molecule has 5 heteroatoms. The highest BCUT2D eigenvalue weighted by Gasteiger charge is 2.25. The Balaban J connectivity index is 1.60. The monoisotopic (exact) mass is 311 g/mol. The summed E-state index contributed by atoms with van der Waals surface area (Å²) in [6, 6.07) is 5.77. The molecular weight excluding hydrogens is 290 g/mol. The summed E-state index contributed by atoms with van der Waals surface area (Å²) in [4.78, 5) is 22.7. The Labute approximate surface area is 136 Å². The molecule has 1 aliphatic heterocycles. The van der Waals surface area contributed by atoms with E-state index >= 15 is 0 Å². The molecule has 2 aromatic rings. The lowest BCUT2D eigenvalue weighted by atomic mass is 10.1. The number of carbonyl (C=O) groups excluding carboxylic acids is 1. The fourth-order valence-electron chi connectivity index (χ4n) is 2.81. The van der Waals surface area contributed by atoms with Crippen LogP contribution in [0.2, 0.25) is 0 Å². The van der Waals surface area contributed by atoms with E-state index in [1.54, 1.807) is 18.6 Å². The van der Waals surface area contributed by atoms with Gasteiger partial charge < -0.3 is 9.64 Å². The van der Waals surface area contributed by atoms with Crippen molar-refractivity contribution in [3.8, 4) is 0 Å². The number of amides is 1. The van der Waals surface area contributed by atoms with Crippen molar-refractivity contribution in [3.63, 3.8) is 0 Å². The Bertz CT molecular complexity index is 660. The zero-order valence-electron chi connectivity index (χ0n) is 13.3. The molecule has 1 saturated heterocycles. The third kappa shape index (κ3) is 3.93. The number of rotatable bonds is 4. The van der Waals surface area contributed by atoms with Crippen molar-refractivity contribution in [1.82, 2.24) is 14.9 Å². The fraction of sp³-hybridized carbons (Fsp3) is 0.389. The number of piperidine rings is 1. The lowest BCUT2D eigenvalue weighted by molar-refractivity contribution is -0.00684. The van der Waals surface area contributed by atoms with E-state index in [1.165, 1.54) is 0 Å². The number of carbonyl (C=O) groups is 1. The molecule has 0 saturated carbocycles. The van der Waals surface area contributed by atoms with Gasteiger partial charge in [0.15, 0.2) is 0 Å². The second kappa shape index (κ2) is 7.33. The summed E-state index contributed by atoms with van der Waals surface area (Å²) in [5, 5.41) is 0. The number of aryl methyl sites for hydroxylation is 1. The summed E-state index contributed by atoms with van der Waals surface area (Å²) in [6.45, 7) is 3.88. The van der Waals surface area contributed by atoms with Gasteiger partial charge in [0.1, 0.15) is 0 Å². The predicted molar refractivity (Wildman–Crippen MR) is 86.9 cm³/mol. The highest BCUT2D eigenvalue weighted by Crippen LogP contribution is 2.18. The average molecular weight is 311 g/mol. The Kier molecular flexibility index (Phi) is 4.98. The molecule has 120 valence electrons. The van der Waals surface area contributed by atoms with Crippen LogP contribution in [0.15, 0.2) is 43.0 Å². The zero-order valence-corrected chi connectivity index (χ0v) is 13.3. The summed E-state index contributed by atoms with van der Waals surface area (Å²) in [7, 11) is 0. The minimum absolute atomic E-state index is 0.0466. The first-order chi connectivity index (χ1) is 11.2. The van der Waals surface area contributed by atoms with Crippen LogP contribution < -0.4 is 0 Å². The molecule has 0 aliphatic carbocycles. The average Bonchev–Trinajstić information content (AvgIpc) is 2.61. The number of hydrogen-bond acceptors (Lipinski definition) is 4. The Hall–Kier alpha value is -2.27. The molecule has 1 atom stereocenters. The SMILES string of the molecule is Cc1ccncc1C(=O)N1CCC[C@H](OCc2cccnc2)C1. The molecule has 5 nitrogen and oxygen atoms in total. The summed E-state index contributed by atoms with van der Waals surface area (Å²) >= 11 is 0. The second-order valence-corrected chi connectivity index (χ2v) is 5.88. The first-order valence-electron chi connectivity index (χ1n) is 7.94. The molecular formula is C18H21N3O2. The van der Waals surface area contributed by atoms with Gasteiger partial charge in [-0.05, 0) is 43.0 Å². The number of hydrogen-bond donors (Lipinski definition) is 0. The van der Waals surface area contributed by atoms with Crippen molar-refractivity contribution in [1.29, 1.82) is 0 Å². The minimum atomic E-state index is 0.0466. The minimum Gasteiger partial charge on any atom is -0.372 e. The van der Waals surface area contributed by atoms with Crippen molar-refractivity contribution in [3.05, 3.63) is 59.7 Å². The molecule has 1 fully saturated rings. The van der Waals surface area contributed by atoms with Crippen LogP contribution in [0.5, 0.6) is 0 Å². The fourth-order valence-corrected chi connectivity index (χ4v) is 2.81. The van der Waals surface area contributed by atoms with Crippen LogP contribution in [-0.4, -0.2) is 40.0 Å². The van der Waals surface area contributed by atoms with Crippen molar-refractivity contribution in [2.75, 3.05) is 13.1 Å². The number of likely N-dealkylation sites (tertiary alicyclic amines) is 1. The largest absolute Gasteiger partial charge is 0.372 e. The van der Waals surface area contributed by atoms with Crippen LogP contribution in [0.25, 0.3) is 0 Å². The Morgan fingerprint density at radius 1 is 1.30 bits per heavy atom. The predicted octanol–water partition coefficient (Wildman–Crippen LogP) is 2.61. The van der Waals surface area contributed by atoms with Gasteiger partial charge in [-0.25, -0.2) is 0 Å². The van der Waals surface area contributed by atoms with Gasteiger partial charge in [-0.3, -0.25) is 14.8 Å². The quantitative estimate of drug-likeness (QED) is 0.871. The second-order valence-electron chi connectivity index (χ2n) is 5.88. The van der Waals surface area contributed by atoms with Crippen LogP contribution in [0, 0.1) is 6.92 Å².